The molecule has 2 saturated heterocycles. The van der Waals surface area contributed by atoms with Crippen molar-refractivity contribution in [2.24, 2.45) is 17.8 Å². The predicted molar refractivity (Wildman–Crippen MR) is 189 cm³/mol. The first kappa shape index (κ1) is 35.1. The topological polar surface area (TPSA) is 127 Å². The lowest BCUT2D eigenvalue weighted by molar-refractivity contribution is -0.421. The molecule has 5 aliphatic rings. The summed E-state index contributed by atoms with van der Waals surface area (Å²) in [5.41, 5.74) is -0.325. The third-order valence-electron chi connectivity index (χ3n) is 11.1. The van der Waals surface area contributed by atoms with Gasteiger partial charge < -0.3 is 33.5 Å². The third-order valence-corrected chi connectivity index (χ3v) is 12.1. The first-order chi connectivity index (χ1) is 23.7. The van der Waals surface area contributed by atoms with Crippen LogP contribution in [0.5, 0.6) is 11.5 Å². The molecule has 50 heavy (non-hydrogen) atoms. The van der Waals surface area contributed by atoms with Gasteiger partial charge in [-0.2, -0.15) is 0 Å². The molecule has 2 aliphatic heterocycles. The van der Waals surface area contributed by atoms with Gasteiger partial charge in [-0.3, -0.25) is 14.4 Å². The first-order valence-electron chi connectivity index (χ1n) is 16.8. The van der Waals surface area contributed by atoms with Gasteiger partial charge in [0.2, 0.25) is 0 Å². The van der Waals surface area contributed by atoms with Crippen molar-refractivity contribution in [3.63, 3.8) is 0 Å². The number of esters is 2. The largest absolute Gasteiger partial charge is 0.493 e. The minimum absolute atomic E-state index is 0.0340. The molecule has 0 amide bonds. The molecule has 1 saturated carbocycles. The summed E-state index contributed by atoms with van der Waals surface area (Å²) in [6, 6.07) is 13.1. The molecule has 11 heteroatoms. The Morgan fingerprint density at radius 3 is 2.52 bits per heavy atom. The molecule has 8 atom stereocenters. The fraction of sp³-hybridized carbons (Fsp3) is 0.462. The van der Waals surface area contributed by atoms with Gasteiger partial charge in [-0.25, -0.2) is 0 Å². The van der Waals surface area contributed by atoms with Gasteiger partial charge in [-0.05, 0) is 88.8 Å². The van der Waals surface area contributed by atoms with Crippen LogP contribution < -0.4 is 9.47 Å². The molecular formula is C39H41IO10. The van der Waals surface area contributed by atoms with E-state index in [2.05, 4.69) is 36.1 Å². The van der Waals surface area contributed by atoms with Gasteiger partial charge in [-0.15, -0.1) is 0 Å². The summed E-state index contributed by atoms with van der Waals surface area (Å²) >= 11 is 2.07. The van der Waals surface area contributed by atoms with Crippen molar-refractivity contribution < 1.29 is 47.9 Å². The maximum absolute atomic E-state index is 13.9. The average molecular weight is 801 g/mol. The molecule has 2 aromatic rings. The summed E-state index contributed by atoms with van der Waals surface area (Å²) in [6.45, 7) is 11.3. The molecule has 0 spiro atoms. The quantitative estimate of drug-likeness (QED) is 0.149. The highest BCUT2D eigenvalue weighted by atomic mass is 131. The number of fused-ring (bicyclic) bond motifs is 2. The molecule has 0 radical (unpaired) electrons. The minimum atomic E-state index is -1.82. The van der Waals surface area contributed by atoms with Crippen molar-refractivity contribution in [1.82, 2.24) is 0 Å². The molecule has 2 heterocycles. The number of methoxy groups -OCH3 is 1. The summed E-state index contributed by atoms with van der Waals surface area (Å²) in [4.78, 5) is 38.7. The van der Waals surface area contributed by atoms with Crippen LogP contribution in [0.1, 0.15) is 51.7 Å². The number of benzene rings is 2. The predicted octanol–water partition coefficient (Wildman–Crippen LogP) is 5.57. The van der Waals surface area contributed by atoms with Crippen molar-refractivity contribution in [2.45, 2.75) is 82.3 Å². The fourth-order valence-corrected chi connectivity index (χ4v) is 9.60. The zero-order chi connectivity index (χ0) is 35.8. The van der Waals surface area contributed by atoms with Crippen LogP contribution in [0, 0.1) is 21.3 Å². The smallest absolute Gasteiger partial charge is 0.310 e. The Morgan fingerprint density at radius 2 is 1.84 bits per heavy atom. The maximum atomic E-state index is 13.9. The number of rotatable bonds is 9. The molecule has 10 nitrogen and oxygen atoms in total. The Bertz CT molecular complexity index is 1850. The number of ketones is 1. The van der Waals surface area contributed by atoms with E-state index in [0.29, 0.717) is 38.9 Å². The molecule has 1 N–H and O–H groups in total. The second kappa shape index (κ2) is 12.4. The number of hydrogen-bond donors (Lipinski definition) is 1. The van der Waals surface area contributed by atoms with Crippen LogP contribution in [0.15, 0.2) is 77.9 Å². The summed E-state index contributed by atoms with van der Waals surface area (Å²) in [5.74, 6) is -3.62. The van der Waals surface area contributed by atoms with E-state index >= 15 is 0 Å². The average Bonchev–Trinajstić information content (AvgIpc) is 3.36. The number of carbonyl (C=O) groups is 3. The monoisotopic (exact) mass is 800 g/mol. The van der Waals surface area contributed by atoms with E-state index in [-0.39, 0.29) is 36.9 Å². The molecule has 264 valence electrons. The van der Waals surface area contributed by atoms with Gasteiger partial charge in [0.1, 0.15) is 23.9 Å². The standard InChI is InChI=1S/C39H41IO10/c1-21(2)37-17-23(4)39-28(35(37)48-38(49-37,50-39)19-25-10-8-7-9-11-25)13-26(18-36(44)32(39)12-22(3)34(36)43)20-46-33(42)15-27-14-30(45-6)31(16-29(27)40)47-24(5)41/h7-14,16,23,28,32,35,44H,1,15,17-20H2,2-6H3/t23-,28+,32-,35-,36-,37-,38?,39-/m1/s1/i40+4. The highest BCUT2D eigenvalue weighted by Crippen LogP contribution is 2.68. The molecule has 7 rings (SSSR count). The molecule has 3 fully saturated rings. The van der Waals surface area contributed by atoms with Crippen molar-refractivity contribution in [1.29, 1.82) is 0 Å². The third kappa shape index (κ3) is 5.39. The Labute approximate surface area is 304 Å². The highest BCUT2D eigenvalue weighted by Gasteiger charge is 2.79. The molecule has 0 aromatic heterocycles. The number of ether oxygens (including phenoxy) is 6. The molecule has 2 aromatic carbocycles. The van der Waals surface area contributed by atoms with Crippen LogP contribution in [0.2, 0.25) is 0 Å². The summed E-state index contributed by atoms with van der Waals surface area (Å²) in [5, 5.41) is 12.5. The van der Waals surface area contributed by atoms with Gasteiger partial charge in [0.15, 0.2) is 17.3 Å². The molecule has 1 unspecified atom stereocenters. The number of Topliss-reactive ketones (excluding diaryl/α,β-unsaturated/α-hetero) is 1. The van der Waals surface area contributed by atoms with E-state index in [1.807, 2.05) is 49.4 Å². The highest BCUT2D eigenvalue weighted by molar-refractivity contribution is 14.1. The van der Waals surface area contributed by atoms with Crippen LogP contribution in [-0.2, 0) is 46.2 Å². The van der Waals surface area contributed by atoms with E-state index in [4.69, 9.17) is 28.4 Å². The molecule has 3 bridgehead atoms. The van der Waals surface area contributed by atoms with E-state index in [0.717, 1.165) is 11.1 Å². The number of hydrogen-bond acceptors (Lipinski definition) is 10. The Morgan fingerprint density at radius 1 is 1.10 bits per heavy atom. The van der Waals surface area contributed by atoms with Crippen LogP contribution in [0.3, 0.4) is 0 Å². The normalized spacial score (nSPS) is 35.0. The Kier molecular flexibility index (Phi) is 8.70. The molecule has 3 aliphatic carbocycles. The van der Waals surface area contributed by atoms with Gasteiger partial charge >= 0.3 is 11.9 Å². The van der Waals surface area contributed by atoms with Crippen molar-refractivity contribution >= 4 is 40.3 Å². The van der Waals surface area contributed by atoms with E-state index in [9.17, 15) is 19.5 Å². The van der Waals surface area contributed by atoms with Gasteiger partial charge in [-0.1, -0.05) is 56.0 Å². The zero-order valence-electron chi connectivity index (χ0n) is 28.7. The van der Waals surface area contributed by atoms with E-state index in [1.54, 1.807) is 19.1 Å². The van der Waals surface area contributed by atoms with Gasteiger partial charge in [0, 0.05) is 28.8 Å². The van der Waals surface area contributed by atoms with Crippen molar-refractivity contribution in [2.75, 3.05) is 13.7 Å². The molecular weight excluding hydrogens is 759 g/mol. The SMILES string of the molecule is C=C(C)[C@]12C[C@@H](C)[C@@]34OC(Cc5ccccc5)(O[C@@H]1[C@@H]3C=C(COC(=O)Cc1cc(OC)c(OC(C)=O)cc1[131I])C[C@]1(O)C(=O)C(C)=C[C@@H]41)O2. The van der Waals surface area contributed by atoms with Crippen LogP contribution in [0.4, 0.5) is 0 Å². The van der Waals surface area contributed by atoms with Crippen molar-refractivity contribution in [3.8, 4) is 11.5 Å². The van der Waals surface area contributed by atoms with E-state index in [1.165, 1.54) is 14.0 Å². The minimum Gasteiger partial charge on any atom is -0.493 e. The van der Waals surface area contributed by atoms with Crippen LogP contribution in [0.25, 0.3) is 0 Å². The fourth-order valence-electron chi connectivity index (χ4n) is 8.98. The van der Waals surface area contributed by atoms with Gasteiger partial charge in [0.25, 0.3) is 5.97 Å². The summed E-state index contributed by atoms with van der Waals surface area (Å²) in [7, 11) is 1.45. The zero-order valence-corrected chi connectivity index (χ0v) is 30.9. The van der Waals surface area contributed by atoms with Gasteiger partial charge in [0.05, 0.1) is 25.6 Å². The number of carbonyl (C=O) groups excluding carboxylic acids is 3. The number of halogens is 1. The van der Waals surface area contributed by atoms with Crippen LogP contribution >= 0.6 is 22.6 Å². The number of aliphatic hydroxyl groups is 1. The second-order valence-electron chi connectivity index (χ2n) is 14.4. The Balaban J connectivity index is 1.23. The second-order valence-corrected chi connectivity index (χ2v) is 15.5. The lowest BCUT2D eigenvalue weighted by Crippen LogP contribution is -2.70. The summed E-state index contributed by atoms with van der Waals surface area (Å²) < 4.78 is 38.1. The van der Waals surface area contributed by atoms with Crippen molar-refractivity contribution in [3.05, 3.63) is 92.6 Å². The van der Waals surface area contributed by atoms with Crippen LogP contribution in [-0.4, -0.2) is 65.4 Å². The Hall–Kier alpha value is -3.36. The lowest BCUT2D eigenvalue weighted by atomic mass is 9.55. The lowest BCUT2D eigenvalue weighted by Gasteiger charge is -2.59. The first-order valence-corrected chi connectivity index (χ1v) is 17.9. The summed E-state index contributed by atoms with van der Waals surface area (Å²) in [6.07, 6.45) is 4.04. The van der Waals surface area contributed by atoms with E-state index < -0.39 is 52.7 Å². The maximum Gasteiger partial charge on any atom is 0.310 e.